The Labute approximate surface area is 79.5 Å². The summed E-state index contributed by atoms with van der Waals surface area (Å²) in [5.74, 6) is 0.674. The summed E-state index contributed by atoms with van der Waals surface area (Å²) >= 11 is 0. The van der Waals surface area contributed by atoms with Gasteiger partial charge in [-0.1, -0.05) is 6.20 Å². The Morgan fingerprint density at radius 3 is 2.78 bits per heavy atom. The van der Waals surface area contributed by atoms with Crippen molar-refractivity contribution >= 4 is 0 Å². The van der Waals surface area contributed by atoms with Crippen LogP contribution in [0.4, 0.5) is 0 Å². The van der Waals surface area contributed by atoms with Gasteiger partial charge >= 0.3 is 0 Å². The smallest absolute Gasteiger partial charge is 0.0744 e. The van der Waals surface area contributed by atoms with Gasteiger partial charge < -0.3 is 9.72 Å². The second kappa shape index (κ2) is 4.89. The molecule has 0 spiro atoms. The van der Waals surface area contributed by atoms with E-state index in [1.165, 1.54) is 0 Å². The van der Waals surface area contributed by atoms with Gasteiger partial charge in [-0.2, -0.15) is 6.07 Å². The Morgan fingerprint density at radius 2 is 2.44 bits per heavy atom. The van der Waals surface area contributed by atoms with E-state index in [9.17, 15) is 0 Å². The number of aromatic nitrogens is 1. The van der Waals surface area contributed by atoms with E-state index in [1.807, 2.05) is 0 Å². The molecule has 1 aromatic heterocycles. The van der Waals surface area contributed by atoms with Crippen LogP contribution in [0.1, 0.15) is 0 Å². The molecular formula is C6H6NOY-. The SMILES string of the molecule is COc1[c-]ccnc1.[Y]. The van der Waals surface area contributed by atoms with Crippen molar-refractivity contribution in [1.82, 2.24) is 4.98 Å². The van der Waals surface area contributed by atoms with Crippen molar-refractivity contribution in [2.24, 2.45) is 0 Å². The van der Waals surface area contributed by atoms with Crippen molar-refractivity contribution in [1.29, 1.82) is 0 Å². The maximum absolute atomic E-state index is 4.80. The van der Waals surface area contributed by atoms with Crippen LogP contribution in [0.5, 0.6) is 5.75 Å². The van der Waals surface area contributed by atoms with Crippen LogP contribution in [0, 0.1) is 6.07 Å². The summed E-state index contributed by atoms with van der Waals surface area (Å²) in [5, 5.41) is 0. The van der Waals surface area contributed by atoms with Crippen molar-refractivity contribution < 1.29 is 37.4 Å². The largest absolute Gasteiger partial charge is 0.521 e. The van der Waals surface area contributed by atoms with Crippen LogP contribution < -0.4 is 4.74 Å². The zero-order valence-corrected chi connectivity index (χ0v) is 8.00. The maximum Gasteiger partial charge on any atom is 0.0744 e. The van der Waals surface area contributed by atoms with E-state index in [0.717, 1.165) is 0 Å². The van der Waals surface area contributed by atoms with Crippen molar-refractivity contribution in [2.75, 3.05) is 7.11 Å². The van der Waals surface area contributed by atoms with Crippen molar-refractivity contribution in [3.05, 3.63) is 24.5 Å². The number of pyridine rings is 1. The van der Waals surface area contributed by atoms with Crippen LogP contribution in [0.2, 0.25) is 0 Å². The van der Waals surface area contributed by atoms with Gasteiger partial charge in [0.2, 0.25) is 0 Å². The average molecular weight is 197 g/mol. The fourth-order valence-corrected chi connectivity index (χ4v) is 0.422. The Hall–Kier alpha value is 0.0539. The average Bonchev–Trinajstić information content (AvgIpc) is 1.90. The summed E-state index contributed by atoms with van der Waals surface area (Å²) < 4.78 is 4.80. The van der Waals surface area contributed by atoms with Crippen molar-refractivity contribution in [3.63, 3.8) is 0 Å². The number of ether oxygens (including phenoxy) is 1. The molecule has 45 valence electrons. The molecule has 1 radical (unpaired) electrons. The quantitative estimate of drug-likeness (QED) is 0.623. The Balaban J connectivity index is 0.000000640. The van der Waals surface area contributed by atoms with Gasteiger partial charge in [0.05, 0.1) is 7.11 Å². The first-order chi connectivity index (χ1) is 3.93. The molecule has 0 aliphatic carbocycles. The van der Waals surface area contributed by atoms with Crippen molar-refractivity contribution in [2.45, 2.75) is 0 Å². The molecule has 0 atom stereocenters. The first kappa shape index (κ1) is 9.05. The van der Waals surface area contributed by atoms with Crippen LogP contribution >= 0.6 is 0 Å². The maximum atomic E-state index is 4.80. The summed E-state index contributed by atoms with van der Waals surface area (Å²) in [5.41, 5.74) is 0. The van der Waals surface area contributed by atoms with Gasteiger partial charge in [0.15, 0.2) is 0 Å². The summed E-state index contributed by atoms with van der Waals surface area (Å²) in [6, 6.07) is 4.54. The summed E-state index contributed by atoms with van der Waals surface area (Å²) in [6.07, 6.45) is 3.27. The third-order valence-corrected chi connectivity index (χ3v) is 0.798. The van der Waals surface area contributed by atoms with Gasteiger partial charge in [-0.25, -0.2) is 0 Å². The minimum atomic E-state index is 0. The zero-order chi connectivity index (χ0) is 5.82. The number of rotatable bonds is 1. The first-order valence-electron chi connectivity index (χ1n) is 2.29. The fourth-order valence-electron chi connectivity index (χ4n) is 0.422. The Kier molecular flexibility index (Phi) is 4.92. The third kappa shape index (κ3) is 2.92. The zero-order valence-electron chi connectivity index (χ0n) is 5.16. The van der Waals surface area contributed by atoms with Crippen LogP contribution in [-0.4, -0.2) is 12.1 Å². The molecule has 0 aromatic carbocycles. The van der Waals surface area contributed by atoms with Gasteiger partial charge in [0, 0.05) is 38.5 Å². The van der Waals surface area contributed by atoms with E-state index in [-0.39, 0.29) is 32.7 Å². The number of nitrogens with zero attached hydrogens (tertiary/aromatic N) is 1. The normalized spacial score (nSPS) is 7.67. The molecule has 1 heterocycles. The predicted molar refractivity (Wildman–Crippen MR) is 29.6 cm³/mol. The van der Waals surface area contributed by atoms with Gasteiger partial charge in [-0.3, -0.25) is 0 Å². The van der Waals surface area contributed by atoms with Crippen LogP contribution in [0.3, 0.4) is 0 Å². The topological polar surface area (TPSA) is 22.1 Å². The Bertz CT molecular complexity index is 154. The molecule has 2 nitrogen and oxygen atoms in total. The molecule has 1 aromatic rings. The molecule has 0 saturated carbocycles. The molecular weight excluding hydrogens is 191 g/mol. The summed E-state index contributed by atoms with van der Waals surface area (Å²) in [6.45, 7) is 0. The second-order valence-electron chi connectivity index (χ2n) is 1.31. The molecule has 0 saturated heterocycles. The van der Waals surface area contributed by atoms with Gasteiger partial charge in [0.1, 0.15) is 0 Å². The number of hydrogen-bond donors (Lipinski definition) is 0. The molecule has 9 heavy (non-hydrogen) atoms. The molecule has 0 aliphatic rings. The molecule has 0 fully saturated rings. The van der Waals surface area contributed by atoms with Crippen LogP contribution in [0.25, 0.3) is 0 Å². The standard InChI is InChI=1S/C6H6NO.Y/c1-8-6-3-2-4-7-5-6;/h2,4-5H,1H3;/q-1;. The summed E-state index contributed by atoms with van der Waals surface area (Å²) in [7, 11) is 1.59. The van der Waals surface area contributed by atoms with Crippen molar-refractivity contribution in [3.8, 4) is 5.75 Å². The van der Waals surface area contributed by atoms with E-state index in [1.54, 1.807) is 25.6 Å². The summed E-state index contributed by atoms with van der Waals surface area (Å²) in [4.78, 5) is 3.80. The number of hydrogen-bond acceptors (Lipinski definition) is 2. The van der Waals surface area contributed by atoms with E-state index >= 15 is 0 Å². The van der Waals surface area contributed by atoms with Gasteiger partial charge in [-0.15, -0.1) is 6.07 Å². The molecule has 0 amide bonds. The van der Waals surface area contributed by atoms with E-state index < -0.39 is 0 Å². The Morgan fingerprint density at radius 1 is 1.67 bits per heavy atom. The second-order valence-corrected chi connectivity index (χ2v) is 1.31. The molecule has 0 N–H and O–H groups in total. The molecule has 1 rings (SSSR count). The minimum Gasteiger partial charge on any atom is -0.521 e. The predicted octanol–water partition coefficient (Wildman–Crippen LogP) is 0.888. The molecule has 0 bridgehead atoms. The monoisotopic (exact) mass is 197 g/mol. The van der Waals surface area contributed by atoms with Crippen LogP contribution in [0.15, 0.2) is 18.5 Å². The van der Waals surface area contributed by atoms with E-state index in [0.29, 0.717) is 5.75 Å². The number of methoxy groups -OCH3 is 1. The van der Waals surface area contributed by atoms with Crippen LogP contribution in [-0.2, 0) is 32.7 Å². The van der Waals surface area contributed by atoms with E-state index in [2.05, 4.69) is 11.1 Å². The molecule has 3 heteroatoms. The molecule has 0 unspecified atom stereocenters. The van der Waals surface area contributed by atoms with Gasteiger partial charge in [-0.05, 0) is 6.20 Å². The minimum absolute atomic E-state index is 0. The fraction of sp³-hybridized carbons (Fsp3) is 0.167. The van der Waals surface area contributed by atoms with E-state index in [4.69, 9.17) is 4.74 Å². The first-order valence-corrected chi connectivity index (χ1v) is 2.29. The third-order valence-electron chi connectivity index (χ3n) is 0.798. The van der Waals surface area contributed by atoms with Gasteiger partial charge in [0.25, 0.3) is 0 Å². The molecule has 0 aliphatic heterocycles.